The normalized spacial score (nSPS) is 10.6. The molecular weight excluding hydrogens is 403 g/mol. The third kappa shape index (κ3) is 4.64. The highest BCUT2D eigenvalue weighted by molar-refractivity contribution is 6.02. The smallest absolute Gasteiger partial charge is 0.339 e. The minimum absolute atomic E-state index is 0.119. The van der Waals surface area contributed by atoms with Gasteiger partial charge in [-0.3, -0.25) is 9.59 Å². The molecule has 1 aromatic carbocycles. The topological polar surface area (TPSA) is 91.5 Å². The lowest BCUT2D eigenvalue weighted by atomic mass is 10.1. The molecular formula is C20H22F3N3O4. The van der Waals surface area contributed by atoms with Crippen LogP contribution in [0.4, 0.5) is 18.9 Å². The van der Waals surface area contributed by atoms with Gasteiger partial charge < -0.3 is 19.9 Å². The number of rotatable bonds is 7. The Bertz CT molecular complexity index is 988. The zero-order chi connectivity index (χ0) is 22.6. The molecule has 0 saturated carbocycles. The monoisotopic (exact) mass is 425 g/mol. The van der Waals surface area contributed by atoms with E-state index in [-0.39, 0.29) is 17.8 Å². The lowest BCUT2D eigenvalue weighted by molar-refractivity contribution is -0.116. The number of benzene rings is 1. The molecule has 7 nitrogen and oxygen atoms in total. The molecule has 0 radical (unpaired) electrons. The van der Waals surface area contributed by atoms with E-state index < -0.39 is 47.5 Å². The summed E-state index contributed by atoms with van der Waals surface area (Å²) in [5.41, 5.74) is 0.617. The van der Waals surface area contributed by atoms with Gasteiger partial charge in [-0.25, -0.2) is 18.0 Å². The van der Waals surface area contributed by atoms with Crippen molar-refractivity contribution in [3.05, 3.63) is 52.1 Å². The summed E-state index contributed by atoms with van der Waals surface area (Å²) in [6, 6.07) is 1.57. The van der Waals surface area contributed by atoms with Gasteiger partial charge in [0.05, 0.1) is 18.4 Å². The fourth-order valence-corrected chi connectivity index (χ4v) is 3.04. The van der Waals surface area contributed by atoms with Crippen molar-refractivity contribution in [1.29, 1.82) is 0 Å². The Hall–Kier alpha value is -3.30. The molecule has 0 aliphatic carbocycles. The average molecular weight is 425 g/mol. The molecule has 0 saturated heterocycles. The summed E-state index contributed by atoms with van der Waals surface area (Å²) in [7, 11) is 1.22. The first-order valence-electron chi connectivity index (χ1n) is 9.12. The maximum absolute atomic E-state index is 13.8. The number of hydrogen-bond acceptors (Lipinski definition) is 4. The highest BCUT2D eigenvalue weighted by atomic mass is 19.2. The predicted molar refractivity (Wildman–Crippen MR) is 103 cm³/mol. The second-order valence-corrected chi connectivity index (χ2v) is 6.61. The molecule has 0 spiro atoms. The van der Waals surface area contributed by atoms with E-state index in [9.17, 15) is 27.6 Å². The quantitative estimate of drug-likeness (QED) is 0.526. The highest BCUT2D eigenvalue weighted by Gasteiger charge is 2.27. The van der Waals surface area contributed by atoms with Crippen molar-refractivity contribution in [1.82, 2.24) is 9.88 Å². The van der Waals surface area contributed by atoms with Crippen LogP contribution in [-0.4, -0.2) is 47.9 Å². The number of amides is 2. The predicted octanol–water partition coefficient (Wildman–Crippen LogP) is 3.33. The van der Waals surface area contributed by atoms with Crippen LogP contribution in [0.15, 0.2) is 12.1 Å². The molecule has 2 rings (SSSR count). The van der Waals surface area contributed by atoms with Crippen LogP contribution in [0.25, 0.3) is 0 Å². The van der Waals surface area contributed by atoms with E-state index in [1.807, 2.05) is 0 Å². The molecule has 2 amide bonds. The van der Waals surface area contributed by atoms with Gasteiger partial charge in [-0.15, -0.1) is 0 Å². The summed E-state index contributed by atoms with van der Waals surface area (Å²) in [4.78, 5) is 41.3. The van der Waals surface area contributed by atoms with Crippen LogP contribution in [0.5, 0.6) is 0 Å². The van der Waals surface area contributed by atoms with Gasteiger partial charge in [-0.2, -0.15) is 0 Å². The summed E-state index contributed by atoms with van der Waals surface area (Å²) in [5, 5.41) is 2.13. The van der Waals surface area contributed by atoms with Gasteiger partial charge in [0.1, 0.15) is 12.2 Å². The molecule has 10 heteroatoms. The number of methoxy groups -OCH3 is 1. The zero-order valence-electron chi connectivity index (χ0n) is 17.0. The highest BCUT2D eigenvalue weighted by Crippen LogP contribution is 2.22. The van der Waals surface area contributed by atoms with Crippen molar-refractivity contribution in [2.45, 2.75) is 27.2 Å². The van der Waals surface area contributed by atoms with E-state index in [2.05, 4.69) is 10.3 Å². The minimum Gasteiger partial charge on any atom is -0.465 e. The van der Waals surface area contributed by atoms with E-state index in [1.54, 1.807) is 20.8 Å². The van der Waals surface area contributed by atoms with E-state index in [0.717, 1.165) is 6.07 Å². The van der Waals surface area contributed by atoms with Crippen molar-refractivity contribution in [2.24, 2.45) is 0 Å². The molecule has 2 aromatic rings. The first-order valence-corrected chi connectivity index (χ1v) is 9.12. The Labute approximate surface area is 171 Å². The Morgan fingerprint density at radius 1 is 1.13 bits per heavy atom. The van der Waals surface area contributed by atoms with Crippen LogP contribution >= 0.6 is 0 Å². The van der Waals surface area contributed by atoms with E-state index in [0.29, 0.717) is 23.7 Å². The number of halogens is 3. The average Bonchev–Trinajstić information content (AvgIpc) is 3.01. The molecule has 0 aliphatic heterocycles. The SMILES string of the molecule is CCCN(CC(=O)Nc1ccc(F)c(F)c1F)C(=O)c1[nH]c(C)c(C(=O)OC)c1C. The van der Waals surface area contributed by atoms with Gasteiger partial charge in [-0.1, -0.05) is 6.92 Å². The van der Waals surface area contributed by atoms with Crippen molar-refractivity contribution in [3.8, 4) is 0 Å². The molecule has 0 aliphatic rings. The summed E-state index contributed by atoms with van der Waals surface area (Å²) in [5.74, 6) is -6.57. The zero-order valence-corrected chi connectivity index (χ0v) is 17.0. The fraction of sp³-hybridized carbons (Fsp3) is 0.350. The number of H-pyrrole nitrogens is 1. The second-order valence-electron chi connectivity index (χ2n) is 6.61. The van der Waals surface area contributed by atoms with Gasteiger partial charge in [-0.05, 0) is 38.0 Å². The second kappa shape index (κ2) is 9.47. The number of esters is 1. The number of ether oxygens (including phenoxy) is 1. The lowest BCUT2D eigenvalue weighted by Gasteiger charge is -2.21. The van der Waals surface area contributed by atoms with Crippen LogP contribution in [0.3, 0.4) is 0 Å². The first-order chi connectivity index (χ1) is 14.1. The standard InChI is InChI=1S/C20H22F3N3O4/c1-5-8-26(9-14(27)25-13-7-6-12(21)16(22)17(13)23)19(28)18-10(2)15(11(3)24-18)20(29)30-4/h6-7,24H,5,8-9H2,1-4H3,(H,25,27). The molecule has 0 bridgehead atoms. The van der Waals surface area contributed by atoms with Crippen molar-refractivity contribution in [3.63, 3.8) is 0 Å². The lowest BCUT2D eigenvalue weighted by Crippen LogP contribution is -2.39. The van der Waals surface area contributed by atoms with Gasteiger partial charge in [0.2, 0.25) is 5.91 Å². The third-order valence-corrected chi connectivity index (χ3v) is 4.47. The maximum Gasteiger partial charge on any atom is 0.339 e. The summed E-state index contributed by atoms with van der Waals surface area (Å²) >= 11 is 0. The van der Waals surface area contributed by atoms with Crippen LogP contribution < -0.4 is 5.32 Å². The number of carbonyl (C=O) groups excluding carboxylic acids is 3. The minimum atomic E-state index is -1.71. The Kier molecular flexibility index (Phi) is 7.25. The van der Waals surface area contributed by atoms with E-state index >= 15 is 0 Å². The van der Waals surface area contributed by atoms with Gasteiger partial charge in [0.25, 0.3) is 5.91 Å². The fourth-order valence-electron chi connectivity index (χ4n) is 3.04. The largest absolute Gasteiger partial charge is 0.465 e. The number of aromatic amines is 1. The number of carbonyl (C=O) groups is 3. The number of nitrogens with one attached hydrogen (secondary N) is 2. The van der Waals surface area contributed by atoms with Crippen molar-refractivity contribution < 1.29 is 32.3 Å². The number of anilines is 1. The van der Waals surface area contributed by atoms with Gasteiger partial charge in [0.15, 0.2) is 17.5 Å². The number of hydrogen-bond donors (Lipinski definition) is 2. The summed E-state index contributed by atoms with van der Waals surface area (Å²) in [6.07, 6.45) is 0.515. The summed E-state index contributed by atoms with van der Waals surface area (Å²) < 4.78 is 44.9. The number of aryl methyl sites for hydroxylation is 1. The number of aromatic nitrogens is 1. The Balaban J connectivity index is 2.24. The number of nitrogens with zero attached hydrogens (tertiary/aromatic N) is 1. The van der Waals surface area contributed by atoms with Gasteiger partial charge >= 0.3 is 5.97 Å². The van der Waals surface area contributed by atoms with E-state index in [1.165, 1.54) is 12.0 Å². The molecule has 0 atom stereocenters. The maximum atomic E-state index is 13.8. The van der Waals surface area contributed by atoms with Crippen molar-refractivity contribution in [2.75, 3.05) is 25.5 Å². The Morgan fingerprint density at radius 3 is 2.40 bits per heavy atom. The molecule has 162 valence electrons. The Morgan fingerprint density at radius 2 is 1.80 bits per heavy atom. The molecule has 1 aromatic heterocycles. The third-order valence-electron chi connectivity index (χ3n) is 4.47. The van der Waals surface area contributed by atoms with Crippen LogP contribution in [0.1, 0.15) is 45.4 Å². The molecule has 30 heavy (non-hydrogen) atoms. The van der Waals surface area contributed by atoms with Gasteiger partial charge in [0, 0.05) is 12.2 Å². The van der Waals surface area contributed by atoms with Crippen LogP contribution in [0, 0.1) is 31.3 Å². The van der Waals surface area contributed by atoms with E-state index in [4.69, 9.17) is 4.74 Å². The summed E-state index contributed by atoms with van der Waals surface area (Å²) in [6.45, 7) is 4.70. The first kappa shape index (κ1) is 23.0. The molecule has 1 heterocycles. The molecule has 2 N–H and O–H groups in total. The molecule has 0 fully saturated rings. The van der Waals surface area contributed by atoms with Crippen LogP contribution in [-0.2, 0) is 9.53 Å². The van der Waals surface area contributed by atoms with Crippen molar-refractivity contribution >= 4 is 23.5 Å². The van der Waals surface area contributed by atoms with Crippen LogP contribution in [0.2, 0.25) is 0 Å². The molecule has 0 unspecified atom stereocenters.